The van der Waals surface area contributed by atoms with Gasteiger partial charge in [0.05, 0.1) is 6.26 Å². The third-order valence-corrected chi connectivity index (χ3v) is 0.662. The summed E-state index contributed by atoms with van der Waals surface area (Å²) in [6, 6.07) is 3.51. The molecule has 0 spiro atoms. The quantitative estimate of drug-likeness (QED) is 0.486. The predicted octanol–water partition coefficient (Wildman–Crippen LogP) is 1.61. The van der Waals surface area contributed by atoms with E-state index in [-0.39, 0.29) is 0 Å². The van der Waals surface area contributed by atoms with Crippen LogP contribution in [0.5, 0.6) is 0 Å². The summed E-state index contributed by atoms with van der Waals surface area (Å²) in [6.07, 6.45) is 1.56. The van der Waals surface area contributed by atoms with Crippen LogP contribution in [-0.4, -0.2) is 6.72 Å². The van der Waals surface area contributed by atoms with Crippen molar-refractivity contribution < 1.29 is 4.42 Å². The van der Waals surface area contributed by atoms with Gasteiger partial charge in [0.25, 0.3) is 0 Å². The summed E-state index contributed by atoms with van der Waals surface area (Å²) in [5, 5.41) is 0. The highest BCUT2D eigenvalue weighted by Crippen LogP contribution is 2.08. The first-order valence-electron chi connectivity index (χ1n) is 1.94. The number of furan rings is 1. The van der Waals surface area contributed by atoms with Crippen molar-refractivity contribution in [1.82, 2.24) is 0 Å². The first-order valence-corrected chi connectivity index (χ1v) is 1.94. The normalized spacial score (nSPS) is 8.57. The fraction of sp³-hybridized carbons (Fsp3) is 0. The van der Waals surface area contributed by atoms with Crippen molar-refractivity contribution >= 4 is 12.6 Å². The molecule has 2 nitrogen and oxygen atoms in total. The summed E-state index contributed by atoms with van der Waals surface area (Å²) in [5.41, 5.74) is 0. The molecule has 1 aromatic rings. The van der Waals surface area contributed by atoms with E-state index in [1.165, 1.54) is 0 Å². The Labute approximate surface area is 41.5 Å². The van der Waals surface area contributed by atoms with E-state index in [1.807, 2.05) is 0 Å². The molecule has 0 aliphatic carbocycles. The Morgan fingerprint density at radius 1 is 1.71 bits per heavy atom. The van der Waals surface area contributed by atoms with Gasteiger partial charge in [0.1, 0.15) is 0 Å². The molecule has 0 aromatic carbocycles. The topological polar surface area (TPSA) is 25.5 Å². The molecule has 1 rings (SSSR count). The number of hydrogen-bond acceptors (Lipinski definition) is 2. The predicted molar refractivity (Wildman–Crippen MR) is 27.9 cm³/mol. The molecule has 0 radical (unpaired) electrons. The summed E-state index contributed by atoms with van der Waals surface area (Å²) in [4.78, 5) is 3.51. The van der Waals surface area contributed by atoms with Gasteiger partial charge in [0.2, 0.25) is 5.88 Å². The van der Waals surface area contributed by atoms with Crippen LogP contribution in [-0.2, 0) is 0 Å². The minimum absolute atomic E-state index is 0.569. The van der Waals surface area contributed by atoms with Crippen LogP contribution in [0.1, 0.15) is 0 Å². The van der Waals surface area contributed by atoms with E-state index in [2.05, 4.69) is 11.7 Å². The minimum atomic E-state index is 0.569. The van der Waals surface area contributed by atoms with E-state index in [1.54, 1.807) is 18.4 Å². The van der Waals surface area contributed by atoms with Gasteiger partial charge in [-0.2, -0.15) is 0 Å². The van der Waals surface area contributed by atoms with Crippen LogP contribution in [0.2, 0.25) is 0 Å². The second-order valence-corrected chi connectivity index (χ2v) is 1.11. The Bertz CT molecular complexity index is 143. The van der Waals surface area contributed by atoms with E-state index in [0.717, 1.165) is 0 Å². The van der Waals surface area contributed by atoms with Crippen molar-refractivity contribution in [2.75, 3.05) is 0 Å². The second-order valence-electron chi connectivity index (χ2n) is 1.11. The SMILES string of the molecule is C=Nc1ccco1. The van der Waals surface area contributed by atoms with Crippen molar-refractivity contribution in [1.29, 1.82) is 0 Å². The zero-order chi connectivity index (χ0) is 5.11. The molecule has 1 aromatic heterocycles. The molecule has 0 aliphatic heterocycles. The first-order chi connectivity index (χ1) is 3.43. The van der Waals surface area contributed by atoms with Crippen LogP contribution in [0.15, 0.2) is 27.8 Å². The van der Waals surface area contributed by atoms with Crippen molar-refractivity contribution in [3.63, 3.8) is 0 Å². The third-order valence-electron chi connectivity index (χ3n) is 0.662. The third kappa shape index (κ3) is 0.682. The molecule has 2 heteroatoms. The molecule has 0 bridgehead atoms. The maximum absolute atomic E-state index is 4.75. The van der Waals surface area contributed by atoms with Crippen LogP contribution in [0, 0.1) is 0 Å². The maximum atomic E-state index is 4.75. The van der Waals surface area contributed by atoms with Crippen LogP contribution < -0.4 is 0 Å². The van der Waals surface area contributed by atoms with E-state index in [0.29, 0.717) is 5.88 Å². The molecule has 0 fully saturated rings. The van der Waals surface area contributed by atoms with E-state index >= 15 is 0 Å². The van der Waals surface area contributed by atoms with Crippen molar-refractivity contribution in [2.45, 2.75) is 0 Å². The van der Waals surface area contributed by atoms with Gasteiger partial charge in [-0.25, -0.2) is 4.99 Å². The minimum Gasteiger partial charge on any atom is -0.447 e. The highest BCUT2D eigenvalue weighted by molar-refractivity contribution is 5.36. The monoisotopic (exact) mass is 95.0 g/mol. The molecule has 36 valence electrons. The summed E-state index contributed by atoms with van der Waals surface area (Å²) in [7, 11) is 0. The molecule has 0 saturated heterocycles. The second kappa shape index (κ2) is 1.60. The van der Waals surface area contributed by atoms with E-state index < -0.39 is 0 Å². The number of rotatable bonds is 1. The van der Waals surface area contributed by atoms with E-state index in [9.17, 15) is 0 Å². The standard InChI is InChI=1S/C5H5NO/c1-6-5-3-2-4-7-5/h2-4H,1H2. The Morgan fingerprint density at radius 3 is 2.86 bits per heavy atom. The molecule has 0 N–H and O–H groups in total. The maximum Gasteiger partial charge on any atom is 0.217 e. The van der Waals surface area contributed by atoms with Gasteiger partial charge < -0.3 is 4.42 Å². The molecule has 0 atom stereocenters. The van der Waals surface area contributed by atoms with Gasteiger partial charge in [-0.05, 0) is 12.8 Å². The number of hydrogen-bond donors (Lipinski definition) is 0. The summed E-state index contributed by atoms with van der Waals surface area (Å²) in [5.74, 6) is 0.569. The average Bonchev–Trinajstić information content (AvgIpc) is 2.14. The molecular formula is C5H5NO. The van der Waals surface area contributed by atoms with Gasteiger partial charge in [0.15, 0.2) is 0 Å². The smallest absolute Gasteiger partial charge is 0.217 e. The average molecular weight is 95.1 g/mol. The fourth-order valence-corrected chi connectivity index (χ4v) is 0.360. The Kier molecular flexibility index (Phi) is 0.941. The fourth-order valence-electron chi connectivity index (χ4n) is 0.360. The first kappa shape index (κ1) is 4.12. The van der Waals surface area contributed by atoms with Gasteiger partial charge in [-0.15, -0.1) is 0 Å². The van der Waals surface area contributed by atoms with Crippen LogP contribution in [0.25, 0.3) is 0 Å². The zero-order valence-electron chi connectivity index (χ0n) is 3.79. The largest absolute Gasteiger partial charge is 0.447 e. The summed E-state index contributed by atoms with van der Waals surface area (Å²) < 4.78 is 4.75. The highest BCUT2D eigenvalue weighted by Gasteiger charge is 1.81. The summed E-state index contributed by atoms with van der Waals surface area (Å²) in [6.45, 7) is 3.26. The number of aliphatic imine (C=N–C) groups is 1. The van der Waals surface area contributed by atoms with Crippen LogP contribution in [0.4, 0.5) is 5.88 Å². The van der Waals surface area contributed by atoms with E-state index in [4.69, 9.17) is 4.42 Å². The van der Waals surface area contributed by atoms with Crippen LogP contribution in [0.3, 0.4) is 0 Å². The Hall–Kier alpha value is -1.05. The Balaban J connectivity index is 2.96. The van der Waals surface area contributed by atoms with Crippen molar-refractivity contribution in [3.05, 3.63) is 18.4 Å². The molecule has 0 amide bonds. The van der Waals surface area contributed by atoms with Gasteiger partial charge in [-0.3, -0.25) is 0 Å². The lowest BCUT2D eigenvalue weighted by Gasteiger charge is -1.73. The lowest BCUT2D eigenvalue weighted by Crippen LogP contribution is -1.42. The molecule has 0 unspecified atom stereocenters. The lowest BCUT2D eigenvalue weighted by molar-refractivity contribution is 0.578. The molecule has 1 heterocycles. The molecule has 7 heavy (non-hydrogen) atoms. The van der Waals surface area contributed by atoms with Gasteiger partial charge >= 0.3 is 0 Å². The number of nitrogens with zero attached hydrogens (tertiary/aromatic N) is 1. The van der Waals surface area contributed by atoms with Gasteiger partial charge in [-0.1, -0.05) is 0 Å². The molecule has 0 aliphatic rings. The lowest BCUT2D eigenvalue weighted by atomic mass is 10.6. The molecular weight excluding hydrogens is 90.1 g/mol. The highest BCUT2D eigenvalue weighted by atomic mass is 16.3. The van der Waals surface area contributed by atoms with Gasteiger partial charge in [0, 0.05) is 6.07 Å². The van der Waals surface area contributed by atoms with Crippen molar-refractivity contribution in [3.8, 4) is 0 Å². The molecule has 0 saturated carbocycles. The Morgan fingerprint density at radius 2 is 2.57 bits per heavy atom. The van der Waals surface area contributed by atoms with Crippen LogP contribution >= 0.6 is 0 Å². The summed E-state index contributed by atoms with van der Waals surface area (Å²) >= 11 is 0. The van der Waals surface area contributed by atoms with Crippen molar-refractivity contribution in [2.24, 2.45) is 4.99 Å². The zero-order valence-corrected chi connectivity index (χ0v) is 3.79.